The van der Waals surface area contributed by atoms with E-state index in [1.165, 1.54) is 6.07 Å². The Hall–Kier alpha value is -3.67. The molecule has 0 radical (unpaired) electrons. The molecule has 1 aromatic carbocycles. The first-order chi connectivity index (χ1) is 23.5. The number of carbonyl (C=O) groups is 3. The summed E-state index contributed by atoms with van der Waals surface area (Å²) in [5.41, 5.74) is -0.744. The van der Waals surface area contributed by atoms with E-state index in [0.29, 0.717) is 13.1 Å². The summed E-state index contributed by atoms with van der Waals surface area (Å²) in [6.07, 6.45) is 3.85. The average molecular weight is 708 g/mol. The highest BCUT2D eigenvalue weighted by Crippen LogP contribution is 2.30. The van der Waals surface area contributed by atoms with Gasteiger partial charge in [-0.05, 0) is 50.3 Å². The van der Waals surface area contributed by atoms with Gasteiger partial charge >= 0.3 is 5.97 Å². The number of ether oxygens (including phenoxy) is 2. The van der Waals surface area contributed by atoms with Gasteiger partial charge < -0.3 is 55.2 Å². The highest BCUT2D eigenvalue weighted by molar-refractivity contribution is 8.00. The van der Waals surface area contributed by atoms with Crippen LogP contribution in [0, 0.1) is 0 Å². The second kappa shape index (κ2) is 18.4. The third kappa shape index (κ3) is 10.9. The Bertz CT molecular complexity index is 1400. The summed E-state index contributed by atoms with van der Waals surface area (Å²) in [6.45, 7) is 2.07. The van der Waals surface area contributed by atoms with E-state index in [1.807, 2.05) is 0 Å². The smallest absolute Gasteiger partial charge is 0.342 e. The van der Waals surface area contributed by atoms with Crippen LogP contribution < -0.4 is 5.32 Å². The number of aliphatic hydroxyl groups excluding tert-OH is 4. The second-order valence-corrected chi connectivity index (χ2v) is 13.3. The van der Waals surface area contributed by atoms with Gasteiger partial charge in [0.25, 0.3) is 5.91 Å². The average Bonchev–Trinajstić information content (AvgIpc) is 3.06. The van der Waals surface area contributed by atoms with Crippen LogP contribution >= 0.6 is 11.8 Å². The van der Waals surface area contributed by atoms with Gasteiger partial charge in [-0.3, -0.25) is 9.59 Å². The summed E-state index contributed by atoms with van der Waals surface area (Å²) in [5, 5.41) is 67.6. The van der Waals surface area contributed by atoms with Gasteiger partial charge in [0.15, 0.2) is 6.61 Å². The lowest BCUT2D eigenvalue weighted by atomic mass is 9.99. The third-order valence-corrected chi connectivity index (χ3v) is 9.40. The second-order valence-electron chi connectivity index (χ2n) is 12.2. The SMILES string of the molecule is C[C@@H]1C/C=C/[C@H](NC(=O)CS[C@H]2OC(CO)[C@H](O)C(O)C2O)C/C=C/C(=N/OCC(=O)N2CCCCC2)Cc2cc(O)cc(O)c2C(=O)O1. The number of oxime groups is 1. The first-order valence-corrected chi connectivity index (χ1v) is 17.3. The maximum absolute atomic E-state index is 13.2. The molecular formula is C33H45N3O12S. The number of phenols is 2. The molecule has 2 saturated heterocycles. The molecule has 2 fully saturated rings. The van der Waals surface area contributed by atoms with Crippen molar-refractivity contribution in [3.05, 3.63) is 47.6 Å². The van der Waals surface area contributed by atoms with Gasteiger partial charge in [-0.15, -0.1) is 11.8 Å². The van der Waals surface area contributed by atoms with E-state index in [-0.39, 0.29) is 60.1 Å². The zero-order valence-corrected chi connectivity index (χ0v) is 28.0. The number of allylic oxidation sites excluding steroid dienone is 1. The Balaban J connectivity index is 1.50. The number of carbonyl (C=O) groups excluding carboxylic acids is 3. The van der Waals surface area contributed by atoms with E-state index in [2.05, 4.69) is 10.5 Å². The van der Waals surface area contributed by atoms with Crippen molar-refractivity contribution in [2.24, 2.45) is 5.16 Å². The number of hydrogen-bond acceptors (Lipinski definition) is 14. The summed E-state index contributed by atoms with van der Waals surface area (Å²) < 4.78 is 11.0. The van der Waals surface area contributed by atoms with Crippen molar-refractivity contribution < 1.29 is 59.3 Å². The van der Waals surface area contributed by atoms with Crippen molar-refractivity contribution in [2.45, 2.75) is 87.4 Å². The van der Waals surface area contributed by atoms with Crippen molar-refractivity contribution in [3.63, 3.8) is 0 Å². The standard InChI is InChI=1S/C33H45N3O12S/c1-19-7-5-8-21(34-26(40)18-49-33-31(44)30(43)29(42)25(16-37)48-33)9-6-10-22(35-46-17-27(41)36-11-3-2-4-12-36)13-20-14-23(38)15-24(39)28(20)32(45)47-19/h5-6,8,10,14-15,19,21,25,29-31,33,37-39,42-44H,2-4,7,9,11-13,16-18H2,1H3,(H,34,40)/b8-5+,10-6+,35-22-/t19-,21+,25?,29+,30?,31?,33-/m1/s1. The fraction of sp³-hybridized carbons (Fsp3) is 0.576. The molecular weight excluding hydrogens is 662 g/mol. The Kier molecular flexibility index (Phi) is 14.3. The van der Waals surface area contributed by atoms with Crippen molar-refractivity contribution in [3.8, 4) is 11.5 Å². The molecule has 270 valence electrons. The Labute approximate surface area is 288 Å². The molecule has 3 aliphatic rings. The van der Waals surface area contributed by atoms with Crippen LogP contribution in [0.1, 0.15) is 54.9 Å². The van der Waals surface area contributed by atoms with Crippen LogP contribution in [0.5, 0.6) is 11.5 Å². The molecule has 2 amide bonds. The number of aromatic hydroxyl groups is 2. The monoisotopic (exact) mass is 707 g/mol. The number of hydrogen-bond donors (Lipinski definition) is 7. The van der Waals surface area contributed by atoms with Crippen LogP contribution in [0.4, 0.5) is 0 Å². The maximum Gasteiger partial charge on any atom is 0.342 e. The first-order valence-electron chi connectivity index (χ1n) is 16.2. The highest BCUT2D eigenvalue weighted by Gasteiger charge is 2.43. The normalized spacial score (nSPS) is 30.4. The van der Waals surface area contributed by atoms with Crippen LogP contribution in [0.25, 0.3) is 0 Å². The Morgan fingerprint density at radius 2 is 1.82 bits per heavy atom. The minimum absolute atomic E-state index is 0.0855. The minimum Gasteiger partial charge on any atom is -0.508 e. The first kappa shape index (κ1) is 38.1. The number of nitrogens with zero attached hydrogens (tertiary/aromatic N) is 2. The Morgan fingerprint density at radius 3 is 2.55 bits per heavy atom. The molecule has 3 heterocycles. The van der Waals surface area contributed by atoms with Gasteiger partial charge in [0.2, 0.25) is 5.91 Å². The number of rotatable bonds is 8. The van der Waals surface area contributed by atoms with E-state index >= 15 is 0 Å². The highest BCUT2D eigenvalue weighted by atomic mass is 32.2. The zero-order chi connectivity index (χ0) is 35.5. The lowest BCUT2D eigenvalue weighted by Gasteiger charge is -2.39. The number of cyclic esters (lactones) is 1. The molecule has 3 unspecified atom stereocenters. The van der Waals surface area contributed by atoms with Gasteiger partial charge in [0.05, 0.1) is 24.1 Å². The zero-order valence-electron chi connectivity index (χ0n) is 27.2. The van der Waals surface area contributed by atoms with E-state index in [9.17, 15) is 45.0 Å². The third-order valence-electron chi connectivity index (χ3n) is 8.26. The topological polar surface area (TPSA) is 228 Å². The molecule has 0 saturated carbocycles. The number of nitrogens with one attached hydrogen (secondary N) is 1. The number of thioether (sulfide) groups is 1. The molecule has 1 aromatic rings. The molecule has 4 rings (SSSR count). The number of likely N-dealkylation sites (tertiary alicyclic amines) is 1. The summed E-state index contributed by atoms with van der Waals surface area (Å²) in [4.78, 5) is 45.9. The summed E-state index contributed by atoms with van der Waals surface area (Å²) in [5.74, 6) is -2.39. The van der Waals surface area contributed by atoms with E-state index in [1.54, 1.807) is 36.1 Å². The molecule has 16 heteroatoms. The number of amides is 2. The van der Waals surface area contributed by atoms with Gasteiger partial charge in [-0.1, -0.05) is 23.4 Å². The van der Waals surface area contributed by atoms with Crippen molar-refractivity contribution in [2.75, 3.05) is 32.1 Å². The number of phenolic OH excluding ortho intramolecular Hbond substituents is 2. The number of benzene rings is 1. The summed E-state index contributed by atoms with van der Waals surface area (Å²) >= 11 is 0.900. The Morgan fingerprint density at radius 1 is 1.06 bits per heavy atom. The van der Waals surface area contributed by atoms with E-state index < -0.39 is 66.2 Å². The van der Waals surface area contributed by atoms with Crippen LogP contribution in [0.2, 0.25) is 0 Å². The summed E-state index contributed by atoms with van der Waals surface area (Å²) in [6, 6.07) is 1.80. The predicted molar refractivity (Wildman–Crippen MR) is 178 cm³/mol. The molecule has 0 aliphatic carbocycles. The minimum atomic E-state index is -1.56. The quantitative estimate of drug-likeness (QED) is 0.111. The number of fused-ring (bicyclic) bond motifs is 1. The molecule has 15 nitrogen and oxygen atoms in total. The molecule has 0 bridgehead atoms. The van der Waals surface area contributed by atoms with Crippen molar-refractivity contribution in [1.29, 1.82) is 0 Å². The van der Waals surface area contributed by atoms with E-state index in [0.717, 1.165) is 37.1 Å². The van der Waals surface area contributed by atoms with Crippen LogP contribution in [-0.4, -0.2) is 133 Å². The predicted octanol–water partition coefficient (Wildman–Crippen LogP) is 0.495. The van der Waals surface area contributed by atoms with Crippen molar-refractivity contribution >= 4 is 35.3 Å². The largest absolute Gasteiger partial charge is 0.508 e. The lowest BCUT2D eigenvalue weighted by molar-refractivity contribution is -0.205. The molecule has 49 heavy (non-hydrogen) atoms. The fourth-order valence-corrected chi connectivity index (χ4v) is 6.62. The lowest BCUT2D eigenvalue weighted by Crippen LogP contribution is -2.57. The number of piperidine rings is 1. The molecule has 3 aliphatic heterocycles. The fourth-order valence-electron chi connectivity index (χ4n) is 5.64. The molecule has 7 N–H and O–H groups in total. The van der Waals surface area contributed by atoms with Gasteiger partial charge in [0.1, 0.15) is 53.0 Å². The van der Waals surface area contributed by atoms with E-state index in [4.69, 9.17) is 14.3 Å². The van der Waals surface area contributed by atoms with Gasteiger partial charge in [0, 0.05) is 32.0 Å². The van der Waals surface area contributed by atoms with Gasteiger partial charge in [-0.25, -0.2) is 4.79 Å². The van der Waals surface area contributed by atoms with Crippen LogP contribution in [-0.2, 0) is 30.3 Å². The number of aliphatic hydroxyl groups is 4. The van der Waals surface area contributed by atoms with Crippen LogP contribution in [0.3, 0.4) is 0 Å². The summed E-state index contributed by atoms with van der Waals surface area (Å²) in [7, 11) is 0. The van der Waals surface area contributed by atoms with Crippen LogP contribution in [0.15, 0.2) is 41.6 Å². The molecule has 7 atom stereocenters. The maximum atomic E-state index is 13.2. The van der Waals surface area contributed by atoms with Crippen molar-refractivity contribution in [1.82, 2.24) is 10.2 Å². The molecule has 0 spiro atoms. The van der Waals surface area contributed by atoms with Gasteiger partial charge in [-0.2, -0.15) is 0 Å². The number of esters is 1. The molecule has 0 aromatic heterocycles.